The van der Waals surface area contributed by atoms with E-state index in [-0.39, 0.29) is 5.56 Å². The number of aryl methyl sites for hydroxylation is 2. The molecule has 92 valence electrons. The van der Waals surface area contributed by atoms with Gasteiger partial charge in [-0.3, -0.25) is 0 Å². The van der Waals surface area contributed by atoms with Gasteiger partial charge < -0.3 is 10.4 Å². The fourth-order valence-corrected chi connectivity index (χ4v) is 1.64. The quantitative estimate of drug-likeness (QED) is 0.868. The second kappa shape index (κ2) is 4.87. The van der Waals surface area contributed by atoms with Crippen LogP contribution < -0.4 is 5.32 Å². The maximum absolute atomic E-state index is 10.9. The van der Waals surface area contributed by atoms with Crippen LogP contribution in [0.1, 0.15) is 21.5 Å². The van der Waals surface area contributed by atoms with Gasteiger partial charge in [0.15, 0.2) is 0 Å². The van der Waals surface area contributed by atoms with Crippen molar-refractivity contribution in [2.24, 2.45) is 0 Å². The van der Waals surface area contributed by atoms with Crippen LogP contribution in [0.3, 0.4) is 0 Å². The van der Waals surface area contributed by atoms with E-state index in [1.54, 1.807) is 0 Å². The molecule has 0 spiro atoms. The first-order chi connectivity index (χ1) is 8.56. The summed E-state index contributed by atoms with van der Waals surface area (Å²) < 4.78 is 0. The van der Waals surface area contributed by atoms with Crippen molar-refractivity contribution in [1.29, 1.82) is 0 Å². The molecule has 1 heterocycles. The number of benzene rings is 1. The molecule has 4 heteroatoms. The standard InChI is InChI=1S/C14H14N2O2/c1-9-3-4-10(2)12(7-9)16-13-8-11(14(17)18)5-6-15-13/h3-8H,1-2H3,(H,15,16)(H,17,18). The van der Waals surface area contributed by atoms with Crippen molar-refractivity contribution < 1.29 is 9.90 Å². The van der Waals surface area contributed by atoms with Gasteiger partial charge in [-0.05, 0) is 43.2 Å². The summed E-state index contributed by atoms with van der Waals surface area (Å²) in [6.45, 7) is 3.99. The highest BCUT2D eigenvalue weighted by Gasteiger charge is 2.05. The first-order valence-corrected chi connectivity index (χ1v) is 5.60. The van der Waals surface area contributed by atoms with Gasteiger partial charge in [0.25, 0.3) is 0 Å². The monoisotopic (exact) mass is 242 g/mol. The molecule has 0 amide bonds. The van der Waals surface area contributed by atoms with Crippen molar-refractivity contribution in [2.75, 3.05) is 5.32 Å². The molecule has 0 saturated carbocycles. The molecule has 2 rings (SSSR count). The topological polar surface area (TPSA) is 62.2 Å². The number of hydrogen-bond donors (Lipinski definition) is 2. The average molecular weight is 242 g/mol. The highest BCUT2D eigenvalue weighted by Crippen LogP contribution is 2.20. The van der Waals surface area contributed by atoms with Crippen molar-refractivity contribution in [3.63, 3.8) is 0 Å². The van der Waals surface area contributed by atoms with Crippen molar-refractivity contribution in [3.8, 4) is 0 Å². The molecule has 1 aromatic heterocycles. The molecule has 0 aliphatic carbocycles. The molecule has 0 aliphatic heterocycles. The highest BCUT2D eigenvalue weighted by molar-refractivity contribution is 5.88. The van der Waals surface area contributed by atoms with Gasteiger partial charge in [-0.1, -0.05) is 12.1 Å². The number of aromatic carboxylic acids is 1. The summed E-state index contributed by atoms with van der Waals surface area (Å²) in [5, 5.41) is 12.1. The lowest BCUT2D eigenvalue weighted by Gasteiger charge is -2.10. The van der Waals surface area contributed by atoms with Crippen LogP contribution >= 0.6 is 0 Å². The predicted molar refractivity (Wildman–Crippen MR) is 70.4 cm³/mol. The second-order valence-corrected chi connectivity index (χ2v) is 4.18. The third-order valence-corrected chi connectivity index (χ3v) is 2.66. The molecule has 1 aromatic carbocycles. The number of carbonyl (C=O) groups is 1. The molecule has 0 radical (unpaired) electrons. The Bertz CT molecular complexity index is 594. The maximum Gasteiger partial charge on any atom is 0.335 e. The third-order valence-electron chi connectivity index (χ3n) is 2.66. The fourth-order valence-electron chi connectivity index (χ4n) is 1.64. The molecule has 2 aromatic rings. The number of carboxylic acid groups (broad SMARTS) is 1. The van der Waals surface area contributed by atoms with Gasteiger partial charge in [-0.2, -0.15) is 0 Å². The van der Waals surface area contributed by atoms with E-state index < -0.39 is 5.97 Å². The molecule has 0 bridgehead atoms. The summed E-state index contributed by atoms with van der Waals surface area (Å²) in [6.07, 6.45) is 1.48. The van der Waals surface area contributed by atoms with Crippen molar-refractivity contribution in [1.82, 2.24) is 4.98 Å². The van der Waals surface area contributed by atoms with E-state index in [0.29, 0.717) is 5.82 Å². The van der Waals surface area contributed by atoms with E-state index in [1.165, 1.54) is 18.3 Å². The Kier molecular flexibility index (Phi) is 3.28. The Labute approximate surface area is 105 Å². The fraction of sp³-hybridized carbons (Fsp3) is 0.143. The molecule has 0 unspecified atom stereocenters. The van der Waals surface area contributed by atoms with E-state index in [9.17, 15) is 4.79 Å². The molecule has 4 nitrogen and oxygen atoms in total. The summed E-state index contributed by atoms with van der Waals surface area (Å²) in [7, 11) is 0. The lowest BCUT2D eigenvalue weighted by atomic mass is 10.1. The summed E-state index contributed by atoms with van der Waals surface area (Å²) in [5.74, 6) is -0.426. The lowest BCUT2D eigenvalue weighted by Crippen LogP contribution is -2.00. The average Bonchev–Trinajstić information content (AvgIpc) is 2.34. The summed E-state index contributed by atoms with van der Waals surface area (Å²) in [6, 6.07) is 9.03. The number of pyridine rings is 1. The minimum atomic E-state index is -0.957. The van der Waals surface area contributed by atoms with Gasteiger partial charge in [0, 0.05) is 11.9 Å². The van der Waals surface area contributed by atoms with Crippen LogP contribution in [-0.2, 0) is 0 Å². The molecule has 2 N–H and O–H groups in total. The Morgan fingerprint density at radius 3 is 2.72 bits per heavy atom. The SMILES string of the molecule is Cc1ccc(C)c(Nc2cc(C(=O)O)ccn2)c1. The zero-order chi connectivity index (χ0) is 13.1. The molecular weight excluding hydrogens is 228 g/mol. The molecule has 0 atom stereocenters. The van der Waals surface area contributed by atoms with Crippen LogP contribution in [0.15, 0.2) is 36.5 Å². The number of anilines is 2. The number of hydrogen-bond acceptors (Lipinski definition) is 3. The van der Waals surface area contributed by atoms with E-state index in [2.05, 4.69) is 10.3 Å². The summed E-state index contributed by atoms with van der Waals surface area (Å²) >= 11 is 0. The van der Waals surface area contributed by atoms with Gasteiger partial charge in [0.05, 0.1) is 5.56 Å². The van der Waals surface area contributed by atoms with Crippen LogP contribution in [0.4, 0.5) is 11.5 Å². The molecular formula is C14H14N2O2. The Balaban J connectivity index is 2.31. The summed E-state index contributed by atoms with van der Waals surface area (Å²) in [4.78, 5) is 15.0. The second-order valence-electron chi connectivity index (χ2n) is 4.18. The zero-order valence-electron chi connectivity index (χ0n) is 10.3. The minimum Gasteiger partial charge on any atom is -0.478 e. The van der Waals surface area contributed by atoms with Crippen LogP contribution in [-0.4, -0.2) is 16.1 Å². The van der Waals surface area contributed by atoms with Gasteiger partial charge in [-0.15, -0.1) is 0 Å². The van der Waals surface area contributed by atoms with Crippen molar-refractivity contribution in [3.05, 3.63) is 53.2 Å². The largest absolute Gasteiger partial charge is 0.478 e. The number of nitrogens with one attached hydrogen (secondary N) is 1. The van der Waals surface area contributed by atoms with E-state index in [0.717, 1.165) is 16.8 Å². The number of carboxylic acids is 1. The predicted octanol–water partition coefficient (Wildman–Crippen LogP) is 3.14. The number of rotatable bonds is 3. The molecule has 18 heavy (non-hydrogen) atoms. The van der Waals surface area contributed by atoms with Gasteiger partial charge in [0.1, 0.15) is 5.82 Å². The lowest BCUT2D eigenvalue weighted by molar-refractivity contribution is 0.0697. The van der Waals surface area contributed by atoms with Crippen LogP contribution in [0.5, 0.6) is 0 Å². The molecule has 0 aliphatic rings. The number of aromatic nitrogens is 1. The van der Waals surface area contributed by atoms with Crippen LogP contribution in [0, 0.1) is 13.8 Å². The first kappa shape index (κ1) is 12.1. The highest BCUT2D eigenvalue weighted by atomic mass is 16.4. The normalized spacial score (nSPS) is 10.1. The zero-order valence-corrected chi connectivity index (χ0v) is 10.3. The Morgan fingerprint density at radius 1 is 1.22 bits per heavy atom. The number of nitrogens with zero attached hydrogens (tertiary/aromatic N) is 1. The van der Waals surface area contributed by atoms with E-state index >= 15 is 0 Å². The van der Waals surface area contributed by atoms with Crippen LogP contribution in [0.2, 0.25) is 0 Å². The Morgan fingerprint density at radius 2 is 2.00 bits per heavy atom. The third kappa shape index (κ3) is 2.66. The first-order valence-electron chi connectivity index (χ1n) is 5.60. The van der Waals surface area contributed by atoms with Crippen molar-refractivity contribution in [2.45, 2.75) is 13.8 Å². The summed E-state index contributed by atoms with van der Waals surface area (Å²) in [5.41, 5.74) is 3.38. The van der Waals surface area contributed by atoms with E-state index in [1.807, 2.05) is 32.0 Å². The Hall–Kier alpha value is -2.36. The molecule has 0 saturated heterocycles. The van der Waals surface area contributed by atoms with Crippen molar-refractivity contribution >= 4 is 17.5 Å². The van der Waals surface area contributed by atoms with Gasteiger partial charge >= 0.3 is 5.97 Å². The molecule has 0 fully saturated rings. The van der Waals surface area contributed by atoms with Gasteiger partial charge in [0.2, 0.25) is 0 Å². The smallest absolute Gasteiger partial charge is 0.335 e. The maximum atomic E-state index is 10.9. The van der Waals surface area contributed by atoms with Crippen LogP contribution in [0.25, 0.3) is 0 Å². The van der Waals surface area contributed by atoms with Gasteiger partial charge in [-0.25, -0.2) is 9.78 Å². The minimum absolute atomic E-state index is 0.220. The van der Waals surface area contributed by atoms with E-state index in [4.69, 9.17) is 5.11 Å².